The van der Waals surface area contributed by atoms with E-state index in [9.17, 15) is 4.79 Å². The van der Waals surface area contributed by atoms with E-state index in [1.165, 1.54) is 0 Å². The van der Waals surface area contributed by atoms with Crippen molar-refractivity contribution in [2.45, 2.75) is 25.8 Å². The molecule has 1 N–H and O–H groups in total. The van der Waals surface area contributed by atoms with E-state index < -0.39 is 0 Å². The molecule has 0 unspecified atom stereocenters. The van der Waals surface area contributed by atoms with E-state index in [2.05, 4.69) is 12.2 Å². The number of amides is 1. The van der Waals surface area contributed by atoms with Crippen molar-refractivity contribution in [2.75, 3.05) is 33.9 Å². The van der Waals surface area contributed by atoms with Crippen molar-refractivity contribution < 1.29 is 14.3 Å². The molecule has 1 fully saturated rings. The number of piperazine rings is 1. The highest BCUT2D eigenvalue weighted by Gasteiger charge is 2.22. The van der Waals surface area contributed by atoms with E-state index in [4.69, 9.17) is 9.47 Å². The second kappa shape index (κ2) is 8.86. The minimum atomic E-state index is 0. The van der Waals surface area contributed by atoms with Crippen LogP contribution in [0.15, 0.2) is 18.2 Å². The topological polar surface area (TPSA) is 50.8 Å². The Labute approximate surface area is 138 Å². The van der Waals surface area contributed by atoms with Crippen molar-refractivity contribution in [3.63, 3.8) is 0 Å². The van der Waals surface area contributed by atoms with E-state index in [0.717, 1.165) is 31.6 Å². The quantitative estimate of drug-likeness (QED) is 0.896. The second-order valence-corrected chi connectivity index (χ2v) is 5.33. The van der Waals surface area contributed by atoms with Crippen LogP contribution < -0.4 is 14.8 Å². The first-order chi connectivity index (χ1) is 10.2. The Bertz CT molecular complexity index is 496. The molecule has 1 amide bonds. The first-order valence-electron chi connectivity index (χ1n) is 7.36. The molecular weight excluding hydrogens is 304 g/mol. The van der Waals surface area contributed by atoms with Gasteiger partial charge in [0.05, 0.1) is 14.2 Å². The Balaban J connectivity index is 0.00000242. The van der Waals surface area contributed by atoms with Crippen LogP contribution in [0.1, 0.15) is 18.9 Å². The van der Waals surface area contributed by atoms with Crippen LogP contribution >= 0.6 is 12.4 Å². The largest absolute Gasteiger partial charge is 0.493 e. The van der Waals surface area contributed by atoms with E-state index in [0.29, 0.717) is 17.9 Å². The number of carbonyl (C=O) groups is 1. The first-order valence-corrected chi connectivity index (χ1v) is 7.36. The average Bonchev–Trinajstić information content (AvgIpc) is 2.52. The number of nitrogens with one attached hydrogen (secondary N) is 1. The molecule has 0 spiro atoms. The highest BCUT2D eigenvalue weighted by atomic mass is 35.5. The summed E-state index contributed by atoms with van der Waals surface area (Å²) in [5, 5.41) is 3.30. The molecule has 1 aromatic rings. The monoisotopic (exact) mass is 328 g/mol. The molecule has 0 bridgehead atoms. The Morgan fingerprint density at radius 2 is 2.05 bits per heavy atom. The smallest absolute Gasteiger partial charge is 0.223 e. The summed E-state index contributed by atoms with van der Waals surface area (Å²) in [6.07, 6.45) is 1.25. The summed E-state index contributed by atoms with van der Waals surface area (Å²) in [5.74, 6) is 1.64. The van der Waals surface area contributed by atoms with E-state index >= 15 is 0 Å². The van der Waals surface area contributed by atoms with Gasteiger partial charge in [0.1, 0.15) is 0 Å². The third-order valence-electron chi connectivity index (χ3n) is 3.90. The fourth-order valence-corrected chi connectivity index (χ4v) is 2.64. The van der Waals surface area contributed by atoms with Crippen LogP contribution in [-0.4, -0.2) is 50.7 Å². The van der Waals surface area contributed by atoms with Gasteiger partial charge < -0.3 is 19.7 Å². The fraction of sp³-hybridized carbons (Fsp3) is 0.562. The molecule has 6 heteroatoms. The molecule has 0 aliphatic carbocycles. The lowest BCUT2D eigenvalue weighted by atomic mass is 10.1. The molecule has 1 saturated heterocycles. The maximum atomic E-state index is 12.3. The SMILES string of the molecule is COc1ccc(CCC(=O)N2CCNC[C@H]2C)cc1OC.Cl. The van der Waals surface area contributed by atoms with Crippen LogP contribution in [0.2, 0.25) is 0 Å². The summed E-state index contributed by atoms with van der Waals surface area (Å²) in [6, 6.07) is 6.08. The normalized spacial score (nSPS) is 17.6. The number of hydrogen-bond acceptors (Lipinski definition) is 4. The molecular formula is C16H25ClN2O3. The molecule has 2 rings (SSSR count). The highest BCUT2D eigenvalue weighted by molar-refractivity contribution is 5.85. The van der Waals surface area contributed by atoms with Crippen LogP contribution in [0.4, 0.5) is 0 Å². The second-order valence-electron chi connectivity index (χ2n) is 5.33. The number of carbonyl (C=O) groups excluding carboxylic acids is 1. The summed E-state index contributed by atoms with van der Waals surface area (Å²) in [7, 11) is 3.24. The molecule has 0 saturated carbocycles. The molecule has 0 aromatic heterocycles. The number of hydrogen-bond donors (Lipinski definition) is 1. The number of methoxy groups -OCH3 is 2. The Morgan fingerprint density at radius 3 is 2.68 bits per heavy atom. The van der Waals surface area contributed by atoms with Crippen LogP contribution in [0.3, 0.4) is 0 Å². The lowest BCUT2D eigenvalue weighted by Crippen LogP contribution is -2.52. The maximum Gasteiger partial charge on any atom is 0.223 e. The van der Waals surface area contributed by atoms with Crippen molar-refractivity contribution in [1.82, 2.24) is 10.2 Å². The maximum absolute atomic E-state index is 12.3. The summed E-state index contributed by atoms with van der Waals surface area (Å²) in [5.41, 5.74) is 1.09. The fourth-order valence-electron chi connectivity index (χ4n) is 2.64. The lowest BCUT2D eigenvalue weighted by molar-refractivity contribution is -0.133. The van der Waals surface area contributed by atoms with Gasteiger partial charge in [-0.25, -0.2) is 0 Å². The van der Waals surface area contributed by atoms with Gasteiger partial charge in [0, 0.05) is 32.1 Å². The predicted molar refractivity (Wildman–Crippen MR) is 89.2 cm³/mol. The number of nitrogens with zero attached hydrogens (tertiary/aromatic N) is 1. The highest BCUT2D eigenvalue weighted by Crippen LogP contribution is 2.28. The molecule has 124 valence electrons. The van der Waals surface area contributed by atoms with Crippen LogP contribution in [-0.2, 0) is 11.2 Å². The van der Waals surface area contributed by atoms with Crippen molar-refractivity contribution in [3.8, 4) is 11.5 Å². The molecule has 1 atom stereocenters. The average molecular weight is 329 g/mol. The first kappa shape index (κ1) is 18.6. The summed E-state index contributed by atoms with van der Waals surface area (Å²) < 4.78 is 10.5. The van der Waals surface area contributed by atoms with Gasteiger partial charge in [-0.3, -0.25) is 4.79 Å². The minimum Gasteiger partial charge on any atom is -0.493 e. The molecule has 22 heavy (non-hydrogen) atoms. The van der Waals surface area contributed by atoms with Gasteiger partial charge >= 0.3 is 0 Å². The third-order valence-corrected chi connectivity index (χ3v) is 3.90. The van der Waals surface area contributed by atoms with Crippen molar-refractivity contribution in [1.29, 1.82) is 0 Å². The Morgan fingerprint density at radius 1 is 1.32 bits per heavy atom. The van der Waals surface area contributed by atoms with Crippen molar-refractivity contribution in [3.05, 3.63) is 23.8 Å². The van der Waals surface area contributed by atoms with Gasteiger partial charge in [0.25, 0.3) is 0 Å². The van der Waals surface area contributed by atoms with Gasteiger partial charge in [-0.15, -0.1) is 12.4 Å². The van der Waals surface area contributed by atoms with Crippen LogP contribution in [0.25, 0.3) is 0 Å². The van der Waals surface area contributed by atoms with Gasteiger partial charge in [0.15, 0.2) is 11.5 Å². The van der Waals surface area contributed by atoms with Gasteiger partial charge in [-0.1, -0.05) is 6.07 Å². The Hall–Kier alpha value is -1.46. The van der Waals surface area contributed by atoms with E-state index in [-0.39, 0.29) is 24.4 Å². The number of aryl methyl sites for hydroxylation is 1. The van der Waals surface area contributed by atoms with Gasteiger partial charge in [0.2, 0.25) is 5.91 Å². The molecule has 0 radical (unpaired) electrons. The Kier molecular flexibility index (Phi) is 7.48. The lowest BCUT2D eigenvalue weighted by Gasteiger charge is -2.34. The summed E-state index contributed by atoms with van der Waals surface area (Å²) in [6.45, 7) is 4.64. The summed E-state index contributed by atoms with van der Waals surface area (Å²) in [4.78, 5) is 14.3. The zero-order valence-electron chi connectivity index (χ0n) is 13.4. The van der Waals surface area contributed by atoms with Crippen LogP contribution in [0.5, 0.6) is 11.5 Å². The van der Waals surface area contributed by atoms with Crippen molar-refractivity contribution >= 4 is 18.3 Å². The van der Waals surface area contributed by atoms with Gasteiger partial charge in [-0.05, 0) is 31.0 Å². The molecule has 1 aliphatic rings. The summed E-state index contributed by atoms with van der Waals surface area (Å²) >= 11 is 0. The number of benzene rings is 1. The predicted octanol–water partition coefficient (Wildman–Crippen LogP) is 1.88. The van der Waals surface area contributed by atoms with E-state index in [1.807, 2.05) is 23.1 Å². The van der Waals surface area contributed by atoms with Gasteiger partial charge in [-0.2, -0.15) is 0 Å². The molecule has 1 aromatic carbocycles. The molecule has 1 heterocycles. The van der Waals surface area contributed by atoms with Crippen LogP contribution in [0, 0.1) is 0 Å². The zero-order valence-corrected chi connectivity index (χ0v) is 14.2. The van der Waals surface area contributed by atoms with Crippen molar-refractivity contribution in [2.24, 2.45) is 0 Å². The number of rotatable bonds is 5. The molecule has 5 nitrogen and oxygen atoms in total. The third kappa shape index (κ3) is 4.52. The zero-order chi connectivity index (χ0) is 15.2. The van der Waals surface area contributed by atoms with E-state index in [1.54, 1.807) is 14.2 Å². The number of ether oxygens (including phenoxy) is 2. The molecule has 1 aliphatic heterocycles. The standard InChI is InChI=1S/C16H24N2O3.ClH/c1-12-11-17-8-9-18(12)16(19)7-5-13-4-6-14(20-2)15(10-13)21-3;/h4,6,10,12,17H,5,7-9,11H2,1-3H3;1H/t12-;/m1./s1. The minimum absolute atomic E-state index is 0. The number of halogens is 1.